The predicted octanol–water partition coefficient (Wildman–Crippen LogP) is 3.98. The standard InChI is InChI=1S/C16H14Cl2O3/c1-21-16(20)15-10(7-8-19)3-2-4-12(15)11-5-6-13(17)14(18)9-11/h2-6,9,19H,7-8H2,1H3. The van der Waals surface area contributed by atoms with Gasteiger partial charge < -0.3 is 9.84 Å². The fraction of sp³-hybridized carbons (Fsp3) is 0.188. The normalized spacial score (nSPS) is 10.5. The van der Waals surface area contributed by atoms with Gasteiger partial charge in [0.2, 0.25) is 0 Å². The SMILES string of the molecule is COC(=O)c1c(CCO)cccc1-c1ccc(Cl)c(Cl)c1. The van der Waals surface area contributed by atoms with Crippen LogP contribution >= 0.6 is 23.2 Å². The van der Waals surface area contributed by atoms with Gasteiger partial charge in [-0.05, 0) is 35.2 Å². The van der Waals surface area contributed by atoms with Crippen LogP contribution in [0.15, 0.2) is 36.4 Å². The lowest BCUT2D eigenvalue weighted by atomic mass is 9.94. The van der Waals surface area contributed by atoms with Gasteiger partial charge in [-0.3, -0.25) is 0 Å². The predicted molar refractivity (Wildman–Crippen MR) is 84.0 cm³/mol. The molecular formula is C16H14Cl2O3. The third kappa shape index (κ3) is 3.38. The summed E-state index contributed by atoms with van der Waals surface area (Å²) < 4.78 is 4.86. The van der Waals surface area contributed by atoms with E-state index in [1.54, 1.807) is 24.3 Å². The van der Waals surface area contributed by atoms with E-state index in [4.69, 9.17) is 33.0 Å². The van der Waals surface area contributed by atoms with Gasteiger partial charge in [0.15, 0.2) is 0 Å². The lowest BCUT2D eigenvalue weighted by Gasteiger charge is -2.13. The maximum atomic E-state index is 12.1. The second-order valence-electron chi connectivity index (χ2n) is 4.43. The van der Waals surface area contributed by atoms with Crippen molar-refractivity contribution in [2.45, 2.75) is 6.42 Å². The Labute approximate surface area is 133 Å². The Morgan fingerprint density at radius 1 is 1.19 bits per heavy atom. The molecule has 2 aromatic carbocycles. The second kappa shape index (κ2) is 6.94. The zero-order valence-electron chi connectivity index (χ0n) is 11.4. The van der Waals surface area contributed by atoms with Gasteiger partial charge in [0.1, 0.15) is 0 Å². The minimum atomic E-state index is -0.444. The van der Waals surface area contributed by atoms with E-state index < -0.39 is 5.97 Å². The molecule has 0 unspecified atom stereocenters. The van der Waals surface area contributed by atoms with Crippen LogP contribution in [0, 0.1) is 0 Å². The molecule has 0 aliphatic carbocycles. The molecule has 0 atom stereocenters. The minimum absolute atomic E-state index is 0.0468. The fourth-order valence-electron chi connectivity index (χ4n) is 2.18. The molecule has 2 aromatic rings. The first kappa shape index (κ1) is 15.8. The number of halogens is 2. The third-order valence-corrected chi connectivity index (χ3v) is 3.89. The monoisotopic (exact) mass is 324 g/mol. The summed E-state index contributed by atoms with van der Waals surface area (Å²) >= 11 is 12.0. The third-order valence-electron chi connectivity index (χ3n) is 3.15. The molecule has 21 heavy (non-hydrogen) atoms. The minimum Gasteiger partial charge on any atom is -0.465 e. The van der Waals surface area contributed by atoms with Crippen LogP contribution in [-0.4, -0.2) is 24.8 Å². The number of aliphatic hydroxyl groups excluding tert-OH is 1. The average molecular weight is 325 g/mol. The molecule has 0 spiro atoms. The first-order chi connectivity index (χ1) is 10.1. The molecule has 0 aliphatic rings. The van der Waals surface area contributed by atoms with Crippen molar-refractivity contribution in [2.75, 3.05) is 13.7 Å². The van der Waals surface area contributed by atoms with Gasteiger partial charge in [0, 0.05) is 6.61 Å². The Morgan fingerprint density at radius 2 is 1.95 bits per heavy atom. The van der Waals surface area contributed by atoms with Crippen LogP contribution in [0.2, 0.25) is 10.0 Å². The molecule has 1 N–H and O–H groups in total. The van der Waals surface area contributed by atoms with Crippen LogP contribution in [-0.2, 0) is 11.2 Å². The van der Waals surface area contributed by atoms with Crippen molar-refractivity contribution in [1.82, 2.24) is 0 Å². The molecule has 2 rings (SSSR count). The molecular weight excluding hydrogens is 311 g/mol. The molecule has 0 aliphatic heterocycles. The number of hydrogen-bond acceptors (Lipinski definition) is 3. The topological polar surface area (TPSA) is 46.5 Å². The number of hydrogen-bond donors (Lipinski definition) is 1. The summed E-state index contributed by atoms with van der Waals surface area (Å²) in [5.74, 6) is -0.444. The molecule has 3 nitrogen and oxygen atoms in total. The van der Waals surface area contributed by atoms with Gasteiger partial charge in [-0.15, -0.1) is 0 Å². The molecule has 0 amide bonds. The van der Waals surface area contributed by atoms with Gasteiger partial charge in [-0.2, -0.15) is 0 Å². The van der Waals surface area contributed by atoms with Crippen LogP contribution in [0.4, 0.5) is 0 Å². The van der Waals surface area contributed by atoms with Gasteiger partial charge in [-0.25, -0.2) is 4.79 Å². The molecule has 0 bridgehead atoms. The van der Waals surface area contributed by atoms with Crippen LogP contribution < -0.4 is 0 Å². The first-order valence-corrected chi connectivity index (χ1v) is 7.10. The van der Waals surface area contributed by atoms with E-state index in [0.717, 1.165) is 11.1 Å². The van der Waals surface area contributed by atoms with E-state index >= 15 is 0 Å². The Hall–Kier alpha value is -1.55. The average Bonchev–Trinajstić information content (AvgIpc) is 2.49. The number of rotatable bonds is 4. The lowest BCUT2D eigenvalue weighted by molar-refractivity contribution is 0.0600. The van der Waals surface area contributed by atoms with E-state index in [2.05, 4.69) is 0 Å². The van der Waals surface area contributed by atoms with Gasteiger partial charge in [0.05, 0.1) is 22.7 Å². The highest BCUT2D eigenvalue weighted by Gasteiger charge is 2.18. The molecule has 0 fully saturated rings. The smallest absolute Gasteiger partial charge is 0.338 e. The van der Waals surface area contributed by atoms with Crippen molar-refractivity contribution in [1.29, 1.82) is 0 Å². The van der Waals surface area contributed by atoms with Crippen molar-refractivity contribution in [3.8, 4) is 11.1 Å². The van der Waals surface area contributed by atoms with Crippen molar-refractivity contribution in [3.05, 3.63) is 57.6 Å². The number of carbonyl (C=O) groups excluding carboxylic acids is 1. The summed E-state index contributed by atoms with van der Waals surface area (Å²) in [7, 11) is 1.33. The largest absolute Gasteiger partial charge is 0.465 e. The van der Waals surface area contributed by atoms with Crippen LogP contribution in [0.5, 0.6) is 0 Å². The number of aliphatic hydroxyl groups is 1. The summed E-state index contributed by atoms with van der Waals surface area (Å²) in [6.07, 6.45) is 0.375. The first-order valence-electron chi connectivity index (χ1n) is 6.35. The summed E-state index contributed by atoms with van der Waals surface area (Å²) in [4.78, 5) is 12.1. The molecule has 0 aromatic heterocycles. The highest BCUT2D eigenvalue weighted by atomic mass is 35.5. The van der Waals surface area contributed by atoms with Crippen LogP contribution in [0.25, 0.3) is 11.1 Å². The molecule has 0 radical (unpaired) electrons. The summed E-state index contributed by atoms with van der Waals surface area (Å²) in [6, 6.07) is 10.6. The highest BCUT2D eigenvalue weighted by Crippen LogP contribution is 2.32. The van der Waals surface area contributed by atoms with Gasteiger partial charge in [-0.1, -0.05) is 47.5 Å². The molecule has 0 saturated heterocycles. The van der Waals surface area contributed by atoms with Crippen LogP contribution in [0.1, 0.15) is 15.9 Å². The summed E-state index contributed by atoms with van der Waals surface area (Å²) in [5, 5.41) is 10.0. The number of esters is 1. The number of ether oxygens (including phenoxy) is 1. The summed E-state index contributed by atoms with van der Waals surface area (Å²) in [6.45, 7) is -0.0468. The number of carbonyl (C=O) groups is 1. The van der Waals surface area contributed by atoms with Crippen LogP contribution in [0.3, 0.4) is 0 Å². The molecule has 110 valence electrons. The maximum Gasteiger partial charge on any atom is 0.338 e. The van der Waals surface area contributed by atoms with Crippen molar-refractivity contribution >= 4 is 29.2 Å². The Morgan fingerprint density at radius 3 is 2.57 bits per heavy atom. The Balaban J connectivity index is 2.64. The fourth-order valence-corrected chi connectivity index (χ4v) is 2.47. The zero-order valence-corrected chi connectivity index (χ0v) is 12.9. The quantitative estimate of drug-likeness (QED) is 0.865. The molecule has 5 heteroatoms. The zero-order chi connectivity index (χ0) is 15.4. The molecule has 0 heterocycles. The highest BCUT2D eigenvalue weighted by molar-refractivity contribution is 6.42. The molecule has 0 saturated carbocycles. The van der Waals surface area contributed by atoms with Gasteiger partial charge in [0.25, 0.3) is 0 Å². The number of methoxy groups -OCH3 is 1. The Bertz CT molecular complexity index is 669. The van der Waals surface area contributed by atoms with Gasteiger partial charge >= 0.3 is 5.97 Å². The van der Waals surface area contributed by atoms with Crippen molar-refractivity contribution in [3.63, 3.8) is 0 Å². The summed E-state index contributed by atoms with van der Waals surface area (Å²) in [5.41, 5.74) is 2.64. The van der Waals surface area contributed by atoms with E-state index in [0.29, 0.717) is 27.6 Å². The van der Waals surface area contributed by atoms with Crippen molar-refractivity contribution < 1.29 is 14.6 Å². The second-order valence-corrected chi connectivity index (χ2v) is 5.25. The number of benzene rings is 2. The van der Waals surface area contributed by atoms with E-state index in [1.165, 1.54) is 7.11 Å². The van der Waals surface area contributed by atoms with E-state index in [1.807, 2.05) is 12.1 Å². The van der Waals surface area contributed by atoms with E-state index in [-0.39, 0.29) is 6.61 Å². The maximum absolute atomic E-state index is 12.1. The van der Waals surface area contributed by atoms with E-state index in [9.17, 15) is 4.79 Å². The Kier molecular flexibility index (Phi) is 5.23. The lowest BCUT2D eigenvalue weighted by Crippen LogP contribution is -2.09. The van der Waals surface area contributed by atoms with Crippen molar-refractivity contribution in [2.24, 2.45) is 0 Å².